The molecule has 1 saturated heterocycles. The molecule has 24 heavy (non-hydrogen) atoms. The van der Waals surface area contributed by atoms with Gasteiger partial charge in [-0.1, -0.05) is 42.5 Å². The maximum Gasteiger partial charge on any atom is 0.337 e. The third-order valence-corrected chi connectivity index (χ3v) is 4.83. The van der Waals surface area contributed by atoms with E-state index >= 15 is 0 Å². The molecule has 0 unspecified atom stereocenters. The summed E-state index contributed by atoms with van der Waals surface area (Å²) in [6.45, 7) is 3.16. The van der Waals surface area contributed by atoms with Crippen LogP contribution >= 0.6 is 0 Å². The fraction of sp³-hybridized carbons (Fsp3) is 0.381. The average Bonchev–Trinajstić information content (AvgIpc) is 2.64. The molecule has 0 N–H and O–H groups in total. The zero-order chi connectivity index (χ0) is 16.8. The van der Waals surface area contributed by atoms with Crippen molar-refractivity contribution in [1.29, 1.82) is 0 Å². The molecule has 0 aliphatic carbocycles. The van der Waals surface area contributed by atoms with Crippen LogP contribution < -0.4 is 0 Å². The standard InChI is InChI=1S/C21H25NO2/c1-24-21(23)20-9-5-8-19(15-20)16-22-12-10-18(11-13-22)14-17-6-3-2-4-7-17/h2-9,15,18H,10-14,16H2,1H3. The van der Waals surface area contributed by atoms with Crippen LogP contribution in [0.1, 0.15) is 34.3 Å². The zero-order valence-corrected chi connectivity index (χ0v) is 14.3. The average molecular weight is 323 g/mol. The van der Waals surface area contributed by atoms with Crippen molar-refractivity contribution in [2.75, 3.05) is 20.2 Å². The Morgan fingerprint density at radius 3 is 2.46 bits per heavy atom. The van der Waals surface area contributed by atoms with Gasteiger partial charge in [-0.05, 0) is 61.5 Å². The number of nitrogens with zero attached hydrogens (tertiary/aromatic N) is 1. The second-order valence-corrected chi connectivity index (χ2v) is 6.60. The molecule has 0 aromatic heterocycles. The van der Waals surface area contributed by atoms with Crippen molar-refractivity contribution in [2.24, 2.45) is 5.92 Å². The van der Waals surface area contributed by atoms with Gasteiger partial charge in [0.05, 0.1) is 12.7 Å². The maximum absolute atomic E-state index is 11.6. The molecule has 1 fully saturated rings. The molecule has 3 rings (SSSR count). The second-order valence-electron chi connectivity index (χ2n) is 6.60. The highest BCUT2D eigenvalue weighted by Gasteiger charge is 2.19. The quantitative estimate of drug-likeness (QED) is 0.781. The molecule has 0 saturated carbocycles. The summed E-state index contributed by atoms with van der Waals surface area (Å²) in [5.41, 5.74) is 3.26. The number of benzene rings is 2. The van der Waals surface area contributed by atoms with Crippen LogP contribution in [0.15, 0.2) is 54.6 Å². The summed E-state index contributed by atoms with van der Waals surface area (Å²) < 4.78 is 4.80. The van der Waals surface area contributed by atoms with E-state index in [-0.39, 0.29) is 5.97 Å². The molecule has 1 heterocycles. The van der Waals surface area contributed by atoms with Crippen LogP contribution in [0.3, 0.4) is 0 Å². The number of likely N-dealkylation sites (tertiary alicyclic amines) is 1. The van der Waals surface area contributed by atoms with Crippen molar-refractivity contribution in [2.45, 2.75) is 25.8 Å². The van der Waals surface area contributed by atoms with E-state index in [2.05, 4.69) is 41.3 Å². The third-order valence-electron chi connectivity index (χ3n) is 4.83. The number of hydrogen-bond donors (Lipinski definition) is 0. The van der Waals surface area contributed by atoms with Gasteiger partial charge in [0, 0.05) is 6.54 Å². The summed E-state index contributed by atoms with van der Waals surface area (Å²) in [6, 6.07) is 18.6. The Kier molecular flexibility index (Phi) is 5.65. The molecule has 0 bridgehead atoms. The summed E-state index contributed by atoms with van der Waals surface area (Å²) in [5.74, 6) is 0.517. The van der Waals surface area contributed by atoms with E-state index in [0.717, 1.165) is 25.6 Å². The molecule has 1 aliphatic heterocycles. The predicted octanol–water partition coefficient (Wildman–Crippen LogP) is 3.93. The number of methoxy groups -OCH3 is 1. The van der Waals surface area contributed by atoms with Crippen molar-refractivity contribution < 1.29 is 9.53 Å². The van der Waals surface area contributed by atoms with Crippen LogP contribution in [0.2, 0.25) is 0 Å². The van der Waals surface area contributed by atoms with Gasteiger partial charge in [-0.2, -0.15) is 0 Å². The highest BCUT2D eigenvalue weighted by molar-refractivity contribution is 5.89. The highest BCUT2D eigenvalue weighted by Crippen LogP contribution is 2.23. The number of hydrogen-bond acceptors (Lipinski definition) is 3. The first-order valence-electron chi connectivity index (χ1n) is 8.68. The van der Waals surface area contributed by atoms with Gasteiger partial charge >= 0.3 is 5.97 Å². The molecule has 0 amide bonds. The lowest BCUT2D eigenvalue weighted by atomic mass is 9.90. The van der Waals surface area contributed by atoms with Crippen molar-refractivity contribution in [3.05, 3.63) is 71.3 Å². The Morgan fingerprint density at radius 2 is 1.75 bits per heavy atom. The van der Waals surface area contributed by atoms with Gasteiger partial charge in [-0.25, -0.2) is 4.79 Å². The Morgan fingerprint density at radius 1 is 1.04 bits per heavy atom. The van der Waals surface area contributed by atoms with E-state index in [9.17, 15) is 4.79 Å². The Labute approximate surface area is 144 Å². The summed E-state index contributed by atoms with van der Waals surface area (Å²) in [7, 11) is 1.42. The molecule has 0 spiro atoms. The molecule has 2 aromatic carbocycles. The normalized spacial score (nSPS) is 16.0. The summed E-state index contributed by atoms with van der Waals surface area (Å²) in [6.07, 6.45) is 3.67. The molecule has 0 atom stereocenters. The van der Waals surface area contributed by atoms with Gasteiger partial charge < -0.3 is 4.74 Å². The molecule has 3 nitrogen and oxygen atoms in total. The lowest BCUT2D eigenvalue weighted by Gasteiger charge is -2.32. The molecule has 3 heteroatoms. The van der Waals surface area contributed by atoms with Gasteiger partial charge in [-0.15, -0.1) is 0 Å². The molecule has 2 aromatic rings. The lowest BCUT2D eigenvalue weighted by Crippen LogP contribution is -2.33. The minimum absolute atomic E-state index is 0.265. The van der Waals surface area contributed by atoms with Gasteiger partial charge in [0.1, 0.15) is 0 Å². The smallest absolute Gasteiger partial charge is 0.337 e. The number of carbonyl (C=O) groups is 1. The summed E-state index contributed by atoms with van der Waals surface area (Å²) in [4.78, 5) is 14.1. The zero-order valence-electron chi connectivity index (χ0n) is 14.3. The van der Waals surface area contributed by atoms with Crippen LogP contribution in [-0.2, 0) is 17.7 Å². The van der Waals surface area contributed by atoms with Gasteiger partial charge in [0.15, 0.2) is 0 Å². The van der Waals surface area contributed by atoms with E-state index in [0.29, 0.717) is 5.56 Å². The van der Waals surface area contributed by atoms with E-state index in [4.69, 9.17) is 4.74 Å². The third kappa shape index (κ3) is 4.45. The largest absolute Gasteiger partial charge is 0.465 e. The maximum atomic E-state index is 11.6. The van der Waals surface area contributed by atoms with Crippen LogP contribution in [0.4, 0.5) is 0 Å². The molecular weight excluding hydrogens is 298 g/mol. The first kappa shape index (κ1) is 16.7. The minimum atomic E-state index is -0.265. The summed E-state index contributed by atoms with van der Waals surface area (Å²) in [5, 5.41) is 0. The summed E-state index contributed by atoms with van der Waals surface area (Å²) >= 11 is 0. The van der Waals surface area contributed by atoms with Crippen LogP contribution in [-0.4, -0.2) is 31.1 Å². The number of piperidine rings is 1. The monoisotopic (exact) mass is 323 g/mol. The Balaban J connectivity index is 1.51. The van der Waals surface area contributed by atoms with E-state index in [1.807, 2.05) is 12.1 Å². The molecule has 126 valence electrons. The Bertz CT molecular complexity index is 661. The van der Waals surface area contributed by atoms with Crippen molar-refractivity contribution >= 4 is 5.97 Å². The van der Waals surface area contributed by atoms with Gasteiger partial charge in [-0.3, -0.25) is 4.90 Å². The highest BCUT2D eigenvalue weighted by atomic mass is 16.5. The first-order chi connectivity index (χ1) is 11.7. The Hall–Kier alpha value is -2.13. The topological polar surface area (TPSA) is 29.5 Å². The number of esters is 1. The van der Waals surface area contributed by atoms with Crippen molar-refractivity contribution in [1.82, 2.24) is 4.90 Å². The molecular formula is C21H25NO2. The van der Waals surface area contributed by atoms with Gasteiger partial charge in [0.2, 0.25) is 0 Å². The second kappa shape index (κ2) is 8.11. The predicted molar refractivity (Wildman–Crippen MR) is 95.9 cm³/mol. The van der Waals surface area contributed by atoms with E-state index in [1.54, 1.807) is 6.07 Å². The first-order valence-corrected chi connectivity index (χ1v) is 8.68. The van der Waals surface area contributed by atoms with Crippen molar-refractivity contribution in [3.8, 4) is 0 Å². The molecule has 0 radical (unpaired) electrons. The van der Waals surface area contributed by atoms with Crippen LogP contribution in [0.25, 0.3) is 0 Å². The van der Waals surface area contributed by atoms with E-state index in [1.165, 1.54) is 37.5 Å². The number of carbonyl (C=O) groups excluding carboxylic acids is 1. The van der Waals surface area contributed by atoms with Crippen molar-refractivity contribution in [3.63, 3.8) is 0 Å². The SMILES string of the molecule is COC(=O)c1cccc(CN2CCC(Cc3ccccc3)CC2)c1. The fourth-order valence-electron chi connectivity index (χ4n) is 3.47. The minimum Gasteiger partial charge on any atom is -0.465 e. The van der Waals surface area contributed by atoms with Crippen LogP contribution in [0, 0.1) is 5.92 Å². The molecule has 1 aliphatic rings. The number of rotatable bonds is 5. The van der Waals surface area contributed by atoms with Gasteiger partial charge in [0.25, 0.3) is 0 Å². The van der Waals surface area contributed by atoms with Crippen LogP contribution in [0.5, 0.6) is 0 Å². The van der Waals surface area contributed by atoms with E-state index < -0.39 is 0 Å². The lowest BCUT2D eigenvalue weighted by molar-refractivity contribution is 0.0600. The fourth-order valence-corrected chi connectivity index (χ4v) is 3.47. The number of ether oxygens (including phenoxy) is 1.